The van der Waals surface area contributed by atoms with Crippen LogP contribution in [0, 0.1) is 0 Å². The maximum Gasteiger partial charge on any atom is 0.356 e. The van der Waals surface area contributed by atoms with E-state index >= 15 is 0 Å². The van der Waals surface area contributed by atoms with Crippen LogP contribution in [0.1, 0.15) is 34.8 Å². The highest BCUT2D eigenvalue weighted by Gasteiger charge is 2.37. The minimum absolute atomic E-state index is 0.0301. The molecule has 1 atom stereocenters. The fourth-order valence-corrected chi connectivity index (χ4v) is 3.18. The summed E-state index contributed by atoms with van der Waals surface area (Å²) in [4.78, 5) is 46.4. The number of carbonyl (C=O) groups excluding carboxylic acids is 2. The molecule has 0 aliphatic carbocycles. The van der Waals surface area contributed by atoms with Crippen molar-refractivity contribution in [1.29, 1.82) is 0 Å². The zero-order chi connectivity index (χ0) is 17.1. The van der Waals surface area contributed by atoms with Crippen LogP contribution in [0.3, 0.4) is 0 Å². The first-order valence-electron chi connectivity index (χ1n) is 7.03. The van der Waals surface area contributed by atoms with Crippen molar-refractivity contribution in [2.45, 2.75) is 25.9 Å². The number of aromatic carboxylic acids is 1. The number of aromatic nitrogens is 2. The fraction of sp³-hybridized carbons (Fsp3) is 0.500. The molecule has 2 heterocycles. The third-order valence-electron chi connectivity index (χ3n) is 3.64. The van der Waals surface area contributed by atoms with Gasteiger partial charge in [0.15, 0.2) is 5.69 Å². The Bertz CT molecular complexity index is 620. The molecule has 0 radical (unpaired) electrons. The van der Waals surface area contributed by atoms with Crippen LogP contribution in [0.25, 0.3) is 0 Å². The van der Waals surface area contributed by atoms with Crippen LogP contribution in [0.5, 0.6) is 0 Å². The lowest BCUT2D eigenvalue weighted by molar-refractivity contribution is -0.135. The van der Waals surface area contributed by atoms with Crippen LogP contribution in [0.15, 0.2) is 12.4 Å². The zero-order valence-electron chi connectivity index (χ0n) is 13.1. The summed E-state index contributed by atoms with van der Waals surface area (Å²) in [6.45, 7) is 3.81. The summed E-state index contributed by atoms with van der Waals surface area (Å²) in [6, 6.07) is -0.499. The van der Waals surface area contributed by atoms with Crippen molar-refractivity contribution in [2.75, 3.05) is 18.7 Å². The third kappa shape index (κ3) is 3.61. The van der Waals surface area contributed by atoms with Crippen LogP contribution in [0.4, 0.5) is 0 Å². The maximum atomic E-state index is 12.5. The average molecular weight is 338 g/mol. The van der Waals surface area contributed by atoms with Gasteiger partial charge in [-0.15, -0.1) is 11.8 Å². The topological polar surface area (TPSA) is 104 Å². The molecular formula is C14H18N4O4S. The second-order valence-corrected chi connectivity index (χ2v) is 6.43. The number of thioether (sulfide) groups is 1. The van der Waals surface area contributed by atoms with E-state index in [1.807, 2.05) is 13.8 Å². The van der Waals surface area contributed by atoms with Gasteiger partial charge in [-0.3, -0.25) is 9.59 Å². The first kappa shape index (κ1) is 17.2. The van der Waals surface area contributed by atoms with Crippen LogP contribution >= 0.6 is 11.8 Å². The Kier molecular flexibility index (Phi) is 5.19. The van der Waals surface area contributed by atoms with Crippen LogP contribution in [-0.4, -0.2) is 73.4 Å². The minimum Gasteiger partial charge on any atom is -0.476 e. The molecule has 0 bridgehead atoms. The molecule has 1 saturated heterocycles. The van der Waals surface area contributed by atoms with E-state index in [2.05, 4.69) is 9.97 Å². The standard InChI is InChI=1S/C14H18N4O4S/c1-8(2)17(3)13(20)11-6-23-7-18(11)12(19)9-4-16-10(5-15-9)14(21)22/h4-5,8,11H,6-7H2,1-3H3,(H,21,22). The Morgan fingerprint density at radius 3 is 2.43 bits per heavy atom. The molecule has 1 aromatic rings. The Balaban J connectivity index is 2.17. The van der Waals surface area contributed by atoms with Gasteiger partial charge in [-0.2, -0.15) is 0 Å². The van der Waals surface area contributed by atoms with E-state index in [-0.39, 0.29) is 23.3 Å². The largest absolute Gasteiger partial charge is 0.476 e. The van der Waals surface area contributed by atoms with E-state index in [9.17, 15) is 14.4 Å². The predicted octanol–water partition coefficient (Wildman–Crippen LogP) is 0.557. The second-order valence-electron chi connectivity index (χ2n) is 5.43. The fourth-order valence-electron chi connectivity index (χ4n) is 2.03. The van der Waals surface area contributed by atoms with E-state index in [1.54, 1.807) is 11.9 Å². The van der Waals surface area contributed by atoms with Gasteiger partial charge in [-0.1, -0.05) is 0 Å². The Hall–Kier alpha value is -2.16. The van der Waals surface area contributed by atoms with Gasteiger partial charge < -0.3 is 14.9 Å². The van der Waals surface area contributed by atoms with Gasteiger partial charge in [0.25, 0.3) is 5.91 Å². The van der Waals surface area contributed by atoms with Crippen molar-refractivity contribution in [3.8, 4) is 0 Å². The number of hydrogen-bond donors (Lipinski definition) is 1. The Labute approximate surface area is 137 Å². The minimum atomic E-state index is -1.21. The summed E-state index contributed by atoms with van der Waals surface area (Å²) in [7, 11) is 1.71. The van der Waals surface area contributed by atoms with Gasteiger partial charge in [0.05, 0.1) is 18.3 Å². The highest BCUT2D eigenvalue weighted by atomic mass is 32.2. The monoisotopic (exact) mass is 338 g/mol. The van der Waals surface area contributed by atoms with Gasteiger partial charge in [0.2, 0.25) is 5.91 Å². The van der Waals surface area contributed by atoms with Crippen LogP contribution in [-0.2, 0) is 4.79 Å². The molecule has 1 aliphatic rings. The lowest BCUT2D eigenvalue weighted by atomic mass is 10.2. The molecule has 2 amide bonds. The van der Waals surface area contributed by atoms with E-state index < -0.39 is 17.9 Å². The van der Waals surface area contributed by atoms with Crippen LogP contribution in [0.2, 0.25) is 0 Å². The van der Waals surface area contributed by atoms with E-state index in [0.717, 1.165) is 12.4 Å². The molecule has 1 aliphatic heterocycles. The number of carboxylic acids is 1. The number of carbonyl (C=O) groups is 3. The number of carboxylic acid groups (broad SMARTS) is 1. The van der Waals surface area contributed by atoms with Crippen molar-refractivity contribution in [3.63, 3.8) is 0 Å². The molecule has 2 rings (SSSR count). The van der Waals surface area contributed by atoms with Gasteiger partial charge in [0.1, 0.15) is 11.7 Å². The van der Waals surface area contributed by atoms with E-state index in [1.165, 1.54) is 16.7 Å². The van der Waals surface area contributed by atoms with Crippen molar-refractivity contribution in [1.82, 2.24) is 19.8 Å². The lowest BCUT2D eigenvalue weighted by Crippen LogP contribution is -2.49. The highest BCUT2D eigenvalue weighted by Crippen LogP contribution is 2.24. The normalized spacial score (nSPS) is 17.4. The summed E-state index contributed by atoms with van der Waals surface area (Å²) in [5.41, 5.74) is -0.202. The SMILES string of the molecule is CC(C)N(C)C(=O)C1CSCN1C(=O)c1cnc(C(=O)O)cn1. The lowest BCUT2D eigenvalue weighted by Gasteiger charge is -2.29. The van der Waals surface area contributed by atoms with Crippen molar-refractivity contribution < 1.29 is 19.5 Å². The predicted molar refractivity (Wildman–Crippen MR) is 84.2 cm³/mol. The second kappa shape index (κ2) is 6.95. The number of hydrogen-bond acceptors (Lipinski definition) is 6. The molecule has 0 spiro atoms. The quantitative estimate of drug-likeness (QED) is 0.855. The number of rotatable bonds is 4. The summed E-state index contributed by atoms with van der Waals surface area (Å²) in [6.07, 6.45) is 2.17. The van der Waals surface area contributed by atoms with Crippen molar-refractivity contribution >= 4 is 29.5 Å². The first-order chi connectivity index (χ1) is 10.8. The molecule has 0 saturated carbocycles. The summed E-state index contributed by atoms with van der Waals surface area (Å²) in [5.74, 6) is -0.825. The van der Waals surface area contributed by atoms with Gasteiger partial charge >= 0.3 is 5.97 Å². The molecule has 0 aromatic carbocycles. The van der Waals surface area contributed by atoms with Crippen LogP contribution < -0.4 is 0 Å². The summed E-state index contributed by atoms with van der Waals surface area (Å²) >= 11 is 1.49. The summed E-state index contributed by atoms with van der Waals surface area (Å²) in [5, 5.41) is 8.80. The Morgan fingerprint density at radius 2 is 1.91 bits per heavy atom. The maximum absolute atomic E-state index is 12.5. The molecule has 124 valence electrons. The molecular weight excluding hydrogens is 320 g/mol. The average Bonchev–Trinajstić information content (AvgIpc) is 3.02. The zero-order valence-corrected chi connectivity index (χ0v) is 13.9. The molecule has 1 N–H and O–H groups in total. The van der Waals surface area contributed by atoms with Crippen molar-refractivity contribution in [2.24, 2.45) is 0 Å². The first-order valence-corrected chi connectivity index (χ1v) is 8.19. The molecule has 8 nitrogen and oxygen atoms in total. The third-order valence-corrected chi connectivity index (χ3v) is 4.65. The highest BCUT2D eigenvalue weighted by molar-refractivity contribution is 7.99. The van der Waals surface area contributed by atoms with E-state index in [4.69, 9.17) is 5.11 Å². The number of nitrogens with zero attached hydrogens (tertiary/aromatic N) is 4. The molecule has 1 unspecified atom stereocenters. The molecule has 1 aromatic heterocycles. The number of likely N-dealkylation sites (N-methyl/N-ethyl adjacent to an activating group) is 1. The van der Waals surface area contributed by atoms with Gasteiger partial charge in [0, 0.05) is 18.8 Å². The molecule has 23 heavy (non-hydrogen) atoms. The summed E-state index contributed by atoms with van der Waals surface area (Å²) < 4.78 is 0. The van der Waals surface area contributed by atoms with Crippen molar-refractivity contribution in [3.05, 3.63) is 23.8 Å². The van der Waals surface area contributed by atoms with Gasteiger partial charge in [-0.05, 0) is 13.8 Å². The number of amides is 2. The Morgan fingerprint density at radius 1 is 1.30 bits per heavy atom. The smallest absolute Gasteiger partial charge is 0.356 e. The molecule has 9 heteroatoms. The van der Waals surface area contributed by atoms with E-state index in [0.29, 0.717) is 11.6 Å². The van der Waals surface area contributed by atoms with Gasteiger partial charge in [-0.25, -0.2) is 14.8 Å². The molecule has 1 fully saturated rings.